The zero-order chi connectivity index (χ0) is 67.4. The van der Waals surface area contributed by atoms with Gasteiger partial charge in [0.1, 0.15) is 0 Å². The van der Waals surface area contributed by atoms with Crippen molar-refractivity contribution in [1.29, 1.82) is 0 Å². The molecule has 4 atom stereocenters. The Morgan fingerprint density at radius 3 is 0.989 bits per heavy atom. The van der Waals surface area contributed by atoms with Crippen LogP contribution < -0.4 is 0 Å². The lowest BCUT2D eigenvalue weighted by atomic mass is 9.86. The number of rotatable bonds is 8. The first-order chi connectivity index (χ1) is 45.0. The van der Waals surface area contributed by atoms with E-state index in [4.69, 9.17) is 0 Å². The van der Waals surface area contributed by atoms with Gasteiger partial charge in [0.2, 0.25) is 9.84 Å². The lowest BCUT2D eigenvalue weighted by Crippen LogP contribution is -2.35. The van der Waals surface area contributed by atoms with Crippen molar-refractivity contribution in [2.24, 2.45) is 11.8 Å². The Bertz CT molecular complexity index is 4190. The summed E-state index contributed by atoms with van der Waals surface area (Å²) in [5.74, 6) is 0.282. The Hall–Kier alpha value is -9.34. The number of aromatic nitrogens is 2. The standard InChI is InChI=1S/C19H22O2S.C15H16.C14H14O2S.C14H14.C12H12N2.C12H12/c1-14-13-15(2)19(17-11-7-4-8-12-17)22(20,21)18(14)16-9-5-3-6-10-16;1-12-7-3-5-9-14(12)11-15-10-6-4-8-13(15)2;1-11-3-7-13(8-4-11)17(15,16)14-9-5-12(2)6-10-14;1-11-3-7-13(8-4-11)14-9-5-12(2)6-10-14;1-9-3-5-11(13-7-9)12-6-4-10(2)8-14-12;1-9-3-5-12-8-10(2)4-6-11(12)7-9/h3-12,14-15,18-19H,13H2,1-2H3;3-10H,11H2,1-2H3;3-10H,1-2H3;3-10H,1-2H3;3-8H,1-2H3;3-8H,1-2H3. The maximum Gasteiger partial charge on any atom is 0.206 e. The van der Waals surface area contributed by atoms with Crippen LogP contribution in [0.15, 0.2) is 289 Å². The Balaban J connectivity index is 0.000000146. The van der Waals surface area contributed by atoms with E-state index in [1.807, 2.05) is 125 Å². The van der Waals surface area contributed by atoms with Crippen molar-refractivity contribution in [2.45, 2.75) is 116 Å². The molecule has 4 unspecified atom stereocenters. The van der Waals surface area contributed by atoms with Gasteiger partial charge in [0, 0.05) is 12.4 Å². The highest BCUT2D eigenvalue weighted by Crippen LogP contribution is 2.50. The summed E-state index contributed by atoms with van der Waals surface area (Å²) >= 11 is 0. The number of aryl methyl sites for hydroxylation is 10. The van der Waals surface area contributed by atoms with E-state index in [-0.39, 0.29) is 11.8 Å². The molecule has 0 amide bonds. The summed E-state index contributed by atoms with van der Waals surface area (Å²) < 4.78 is 51.2. The first-order valence-electron chi connectivity index (χ1n) is 32.3. The quantitative estimate of drug-likeness (QED) is 0.150. The summed E-state index contributed by atoms with van der Waals surface area (Å²) in [6.07, 6.45) is 5.69. The average Bonchev–Trinajstić information content (AvgIpc) is 0.753. The van der Waals surface area contributed by atoms with Gasteiger partial charge in [-0.3, -0.25) is 9.97 Å². The van der Waals surface area contributed by atoms with Gasteiger partial charge in [-0.05, 0) is 197 Å². The molecule has 1 saturated heterocycles. The minimum absolute atomic E-state index is 0.141. The zero-order valence-electron chi connectivity index (χ0n) is 56.6. The molecule has 0 aliphatic carbocycles. The Kier molecular flexibility index (Phi) is 25.1. The predicted octanol–water partition coefficient (Wildman–Crippen LogP) is 21.8. The molecule has 94 heavy (non-hydrogen) atoms. The normalized spacial score (nSPS) is 15.3. The van der Waals surface area contributed by atoms with E-state index in [1.54, 1.807) is 48.5 Å². The number of hydrogen-bond acceptors (Lipinski definition) is 6. The molecule has 3 heterocycles. The van der Waals surface area contributed by atoms with Crippen LogP contribution in [-0.2, 0) is 26.1 Å². The average molecular weight is 1280 g/mol. The highest BCUT2D eigenvalue weighted by molar-refractivity contribution is 7.92. The molecule has 1 fully saturated rings. The minimum Gasteiger partial charge on any atom is -0.254 e. The van der Waals surface area contributed by atoms with Gasteiger partial charge < -0.3 is 0 Å². The van der Waals surface area contributed by atoms with E-state index in [2.05, 4.69) is 199 Å². The summed E-state index contributed by atoms with van der Waals surface area (Å²) in [5, 5.41) is 1.85. The molecule has 8 heteroatoms. The van der Waals surface area contributed by atoms with Crippen LogP contribution in [0.1, 0.15) is 109 Å². The zero-order valence-corrected chi connectivity index (χ0v) is 58.3. The molecule has 10 aromatic carbocycles. The molecule has 1 aliphatic heterocycles. The van der Waals surface area contributed by atoms with E-state index in [0.717, 1.165) is 46.5 Å². The maximum atomic E-state index is 13.3. The second kappa shape index (κ2) is 33.5. The summed E-state index contributed by atoms with van der Waals surface area (Å²) in [7, 11) is -6.64. The molecule has 12 aromatic rings. The third-order valence-corrected chi connectivity index (χ3v) is 21.7. The molecule has 1 aliphatic rings. The molecular weight excluding hydrogens is 1190 g/mol. The number of pyridine rings is 2. The molecule has 480 valence electrons. The number of fused-ring (bicyclic) bond motifs is 1. The molecule has 6 nitrogen and oxygen atoms in total. The molecule has 0 radical (unpaired) electrons. The van der Waals surface area contributed by atoms with E-state index in [0.29, 0.717) is 9.79 Å². The van der Waals surface area contributed by atoms with E-state index in [1.165, 1.54) is 77.5 Å². The van der Waals surface area contributed by atoms with Crippen LogP contribution >= 0.6 is 0 Å². The van der Waals surface area contributed by atoms with Crippen LogP contribution in [0, 0.1) is 81.1 Å². The third-order valence-electron chi connectivity index (χ3n) is 17.0. The van der Waals surface area contributed by atoms with Crippen molar-refractivity contribution >= 4 is 30.4 Å². The Morgan fingerprint density at radius 1 is 0.351 bits per heavy atom. The van der Waals surface area contributed by atoms with Crippen LogP contribution in [-0.4, -0.2) is 26.8 Å². The van der Waals surface area contributed by atoms with Gasteiger partial charge in [-0.15, -0.1) is 0 Å². The van der Waals surface area contributed by atoms with Gasteiger partial charge >= 0.3 is 0 Å². The van der Waals surface area contributed by atoms with Gasteiger partial charge in [0.15, 0.2) is 9.84 Å². The SMILES string of the molecule is CC1CC(C)C(c2ccccc2)S(=O)(=O)C1c1ccccc1.Cc1ccc(-c2ccc(C)cc2)cc1.Cc1ccc(-c2ccc(C)cn2)nc1.Cc1ccc(S(=O)(=O)c2ccc(C)cc2)cc1.Cc1ccc2cc(C)ccc2c1.Cc1ccccc1Cc1ccccc1C. The fourth-order valence-corrected chi connectivity index (χ4v) is 15.7. The van der Waals surface area contributed by atoms with Gasteiger partial charge in [0.05, 0.1) is 31.7 Å². The maximum absolute atomic E-state index is 13.3. The lowest BCUT2D eigenvalue weighted by Gasteiger charge is -2.39. The van der Waals surface area contributed by atoms with E-state index in [9.17, 15) is 16.8 Å². The number of benzene rings is 10. The summed E-state index contributed by atoms with van der Waals surface area (Å²) in [5.41, 5.74) is 21.6. The van der Waals surface area contributed by atoms with Crippen molar-refractivity contribution < 1.29 is 16.8 Å². The van der Waals surface area contributed by atoms with Crippen molar-refractivity contribution in [3.8, 4) is 22.5 Å². The van der Waals surface area contributed by atoms with E-state index >= 15 is 0 Å². The first kappa shape index (κ1) is 70.5. The topological polar surface area (TPSA) is 94.1 Å². The largest absolute Gasteiger partial charge is 0.254 e. The molecule has 0 spiro atoms. The monoisotopic (exact) mass is 1280 g/mol. The van der Waals surface area contributed by atoms with Crippen LogP contribution in [0.3, 0.4) is 0 Å². The minimum atomic E-state index is -3.37. The molecule has 0 bridgehead atoms. The molecule has 0 saturated carbocycles. The van der Waals surface area contributed by atoms with Crippen molar-refractivity contribution in [2.75, 3.05) is 0 Å². The lowest BCUT2D eigenvalue weighted by molar-refractivity contribution is 0.348. The predicted molar refractivity (Wildman–Crippen MR) is 395 cm³/mol. The fourth-order valence-electron chi connectivity index (χ4n) is 11.6. The highest BCUT2D eigenvalue weighted by Gasteiger charge is 2.46. The fraction of sp³-hybridized carbons (Fsp3) is 0.209. The van der Waals surface area contributed by atoms with Gasteiger partial charge in [-0.2, -0.15) is 0 Å². The summed E-state index contributed by atoms with van der Waals surface area (Å²) in [6, 6.07) is 88.7. The van der Waals surface area contributed by atoms with Crippen molar-refractivity contribution in [3.05, 3.63) is 357 Å². The Morgan fingerprint density at radius 2 is 0.660 bits per heavy atom. The van der Waals surface area contributed by atoms with Gasteiger partial charge in [-0.25, -0.2) is 16.8 Å². The second-order valence-electron chi connectivity index (χ2n) is 25.1. The van der Waals surface area contributed by atoms with E-state index < -0.39 is 30.2 Å². The first-order valence-corrected chi connectivity index (χ1v) is 35.4. The smallest absolute Gasteiger partial charge is 0.206 e. The third kappa shape index (κ3) is 19.8. The second-order valence-corrected chi connectivity index (χ2v) is 29.3. The Labute approximate surface area is 561 Å². The van der Waals surface area contributed by atoms with Gasteiger partial charge in [0.25, 0.3) is 0 Å². The summed E-state index contributed by atoms with van der Waals surface area (Å²) in [6.45, 7) is 24.9. The van der Waals surface area contributed by atoms with Crippen molar-refractivity contribution in [1.82, 2.24) is 9.97 Å². The number of hydrogen-bond donors (Lipinski definition) is 0. The van der Waals surface area contributed by atoms with Crippen LogP contribution in [0.25, 0.3) is 33.3 Å². The number of sulfone groups is 2. The van der Waals surface area contributed by atoms with Gasteiger partial charge in [-0.1, -0.05) is 278 Å². The molecule has 0 N–H and O–H groups in total. The van der Waals surface area contributed by atoms with Crippen LogP contribution in [0.4, 0.5) is 0 Å². The molecule has 2 aromatic heterocycles. The molecule has 13 rings (SSSR count). The highest BCUT2D eigenvalue weighted by atomic mass is 32.2. The number of nitrogens with zero attached hydrogens (tertiary/aromatic N) is 2. The van der Waals surface area contributed by atoms with Crippen LogP contribution in [0.5, 0.6) is 0 Å². The van der Waals surface area contributed by atoms with Crippen molar-refractivity contribution in [3.63, 3.8) is 0 Å². The van der Waals surface area contributed by atoms with Crippen LogP contribution in [0.2, 0.25) is 0 Å². The molecular formula is C86H90N2O4S2. The summed E-state index contributed by atoms with van der Waals surface area (Å²) in [4.78, 5) is 9.31.